The van der Waals surface area contributed by atoms with Crippen LogP contribution < -0.4 is 5.32 Å². The number of nitrogens with one attached hydrogen (secondary N) is 1. The maximum absolute atomic E-state index is 12.9. The topological polar surface area (TPSA) is 96.4 Å². The summed E-state index contributed by atoms with van der Waals surface area (Å²) in [5.41, 5.74) is 5.14. The van der Waals surface area contributed by atoms with Crippen molar-refractivity contribution in [2.24, 2.45) is 0 Å². The Hall–Kier alpha value is -3.03. The Morgan fingerprint density at radius 2 is 1.77 bits per heavy atom. The highest BCUT2D eigenvalue weighted by Gasteiger charge is 2.17. The summed E-state index contributed by atoms with van der Waals surface area (Å²) in [5.74, 6) is -0.549. The predicted molar refractivity (Wildman–Crippen MR) is 117 cm³/mol. The van der Waals surface area contributed by atoms with Crippen LogP contribution in [0.25, 0.3) is 11.1 Å². The van der Waals surface area contributed by atoms with Gasteiger partial charge in [-0.3, -0.25) is 9.78 Å². The highest BCUT2D eigenvalue weighted by Crippen LogP contribution is 2.24. The van der Waals surface area contributed by atoms with Crippen LogP contribution in [0.3, 0.4) is 0 Å². The largest absolute Gasteiger partial charge is 0.394 e. The molecular weight excluding hydrogens is 400 g/mol. The second kappa shape index (κ2) is 9.65. The van der Waals surface area contributed by atoms with Gasteiger partial charge < -0.3 is 10.4 Å². The van der Waals surface area contributed by atoms with E-state index in [0.717, 1.165) is 22.4 Å². The number of aryl methyl sites for hydroxylation is 2. The fraction of sp³-hybridized carbons (Fsp3) is 0.217. The monoisotopic (exact) mass is 424 g/mol. The van der Waals surface area contributed by atoms with Crippen LogP contribution in [-0.4, -0.2) is 31.0 Å². The molecule has 1 atom stereocenters. The van der Waals surface area contributed by atoms with Gasteiger partial charge in [0, 0.05) is 17.5 Å². The van der Waals surface area contributed by atoms with Gasteiger partial charge in [-0.1, -0.05) is 42.0 Å². The van der Waals surface area contributed by atoms with Gasteiger partial charge in [0.2, 0.25) is 0 Å². The Kier molecular flexibility index (Phi) is 6.97. The molecule has 156 valence electrons. The second-order valence-electron chi connectivity index (χ2n) is 7.22. The molecule has 1 aromatic heterocycles. The zero-order valence-corrected chi connectivity index (χ0v) is 17.7. The van der Waals surface area contributed by atoms with E-state index in [9.17, 15) is 18.3 Å². The summed E-state index contributed by atoms with van der Waals surface area (Å²) in [4.78, 5) is 17.1. The first-order valence-electron chi connectivity index (χ1n) is 9.53. The standard InChI is InChI=1S/C23H24N2O4S/c1-15-3-6-18(7-4-15)20-9-17(14-30(28)29)10-21(11-20)23(27)25-22(13-26)19-8-5-16(2)24-12-19/h3-12,22,26,30H,13-14H2,1-2H3,(H,25,27)/t22-/m1/s1. The molecule has 1 heterocycles. The average Bonchev–Trinajstić information content (AvgIpc) is 2.72. The Morgan fingerprint density at radius 3 is 2.37 bits per heavy atom. The molecule has 0 aliphatic carbocycles. The number of rotatable bonds is 7. The zero-order chi connectivity index (χ0) is 21.7. The molecule has 0 aliphatic rings. The molecule has 2 aromatic carbocycles. The van der Waals surface area contributed by atoms with Crippen molar-refractivity contribution in [2.75, 3.05) is 6.61 Å². The number of aliphatic hydroxyl groups excluding tert-OH is 1. The van der Waals surface area contributed by atoms with E-state index in [4.69, 9.17) is 0 Å². The lowest BCUT2D eigenvalue weighted by atomic mass is 9.98. The lowest BCUT2D eigenvalue weighted by molar-refractivity contribution is 0.0916. The van der Waals surface area contributed by atoms with Crippen molar-refractivity contribution in [1.29, 1.82) is 0 Å². The number of hydrogen-bond acceptors (Lipinski definition) is 5. The first kappa shape index (κ1) is 21.7. The van der Waals surface area contributed by atoms with Crippen LogP contribution in [-0.2, 0) is 16.5 Å². The fourth-order valence-electron chi connectivity index (χ4n) is 3.14. The van der Waals surface area contributed by atoms with Gasteiger partial charge in [-0.05, 0) is 54.3 Å². The molecule has 0 bridgehead atoms. The number of benzene rings is 2. The minimum Gasteiger partial charge on any atom is -0.394 e. The van der Waals surface area contributed by atoms with Gasteiger partial charge >= 0.3 is 0 Å². The molecular formula is C23H24N2O4S. The molecule has 6 nitrogen and oxygen atoms in total. The van der Waals surface area contributed by atoms with Crippen molar-refractivity contribution in [2.45, 2.75) is 25.6 Å². The van der Waals surface area contributed by atoms with Gasteiger partial charge in [0.1, 0.15) is 10.7 Å². The average molecular weight is 425 g/mol. The third-order valence-corrected chi connectivity index (χ3v) is 5.40. The molecule has 0 radical (unpaired) electrons. The molecule has 3 rings (SSSR count). The number of carbonyl (C=O) groups is 1. The molecule has 0 saturated carbocycles. The Morgan fingerprint density at radius 1 is 1.03 bits per heavy atom. The number of aromatic nitrogens is 1. The number of pyridine rings is 1. The van der Waals surface area contributed by atoms with Crippen LogP contribution in [0.2, 0.25) is 0 Å². The molecule has 30 heavy (non-hydrogen) atoms. The number of carbonyl (C=O) groups excluding carboxylic acids is 1. The van der Waals surface area contributed by atoms with E-state index < -0.39 is 22.7 Å². The number of nitrogens with zero attached hydrogens (tertiary/aromatic N) is 1. The van der Waals surface area contributed by atoms with E-state index in [1.165, 1.54) is 0 Å². The fourth-order valence-corrected chi connectivity index (χ4v) is 3.62. The van der Waals surface area contributed by atoms with Gasteiger partial charge in [0.15, 0.2) is 0 Å². The van der Waals surface area contributed by atoms with Crippen molar-refractivity contribution in [3.63, 3.8) is 0 Å². The summed E-state index contributed by atoms with van der Waals surface area (Å²) >= 11 is 0. The molecule has 0 unspecified atom stereocenters. The Bertz CT molecular complexity index is 1100. The number of thiol groups is 1. The molecule has 0 saturated heterocycles. The third-order valence-electron chi connectivity index (χ3n) is 4.78. The van der Waals surface area contributed by atoms with Crippen molar-refractivity contribution < 1.29 is 18.3 Å². The van der Waals surface area contributed by atoms with Crippen LogP contribution in [0.1, 0.15) is 38.8 Å². The molecule has 2 N–H and O–H groups in total. The number of hydrogen-bond donors (Lipinski definition) is 3. The summed E-state index contributed by atoms with van der Waals surface area (Å²) in [6, 6.07) is 15.9. The maximum atomic E-state index is 12.9. The lowest BCUT2D eigenvalue weighted by Gasteiger charge is -2.17. The highest BCUT2D eigenvalue weighted by molar-refractivity contribution is 7.71. The van der Waals surface area contributed by atoms with E-state index in [1.54, 1.807) is 30.5 Å². The summed E-state index contributed by atoms with van der Waals surface area (Å²) in [5, 5.41) is 12.6. The van der Waals surface area contributed by atoms with Crippen molar-refractivity contribution >= 4 is 16.6 Å². The van der Waals surface area contributed by atoms with Gasteiger partial charge in [-0.25, -0.2) is 8.42 Å². The van der Waals surface area contributed by atoms with E-state index in [1.807, 2.05) is 44.2 Å². The van der Waals surface area contributed by atoms with Crippen molar-refractivity contribution in [3.8, 4) is 11.1 Å². The summed E-state index contributed by atoms with van der Waals surface area (Å²) in [6.07, 6.45) is 1.62. The third kappa shape index (κ3) is 5.52. The SMILES string of the molecule is Cc1ccc(-c2cc(C[SH](=O)=O)cc(C(=O)N[C@H](CO)c3ccc(C)nc3)c2)cc1. The van der Waals surface area contributed by atoms with Crippen LogP contribution in [0, 0.1) is 13.8 Å². The van der Waals surface area contributed by atoms with Crippen LogP contribution in [0.5, 0.6) is 0 Å². The molecule has 3 aromatic rings. The summed E-state index contributed by atoms with van der Waals surface area (Å²) in [6.45, 7) is 3.55. The van der Waals surface area contributed by atoms with Gasteiger partial charge in [0.05, 0.1) is 18.4 Å². The van der Waals surface area contributed by atoms with Crippen LogP contribution in [0.4, 0.5) is 0 Å². The maximum Gasteiger partial charge on any atom is 0.251 e. The number of aliphatic hydroxyl groups is 1. The van der Waals surface area contributed by atoms with Gasteiger partial charge in [-0.2, -0.15) is 0 Å². The van der Waals surface area contributed by atoms with Crippen LogP contribution in [0.15, 0.2) is 60.8 Å². The quantitative estimate of drug-likeness (QED) is 0.507. The van der Waals surface area contributed by atoms with E-state index >= 15 is 0 Å². The first-order valence-corrected chi connectivity index (χ1v) is 10.9. The van der Waals surface area contributed by atoms with Crippen molar-refractivity contribution in [1.82, 2.24) is 10.3 Å². The van der Waals surface area contributed by atoms with Crippen LogP contribution >= 0.6 is 0 Å². The predicted octanol–water partition coefficient (Wildman–Crippen LogP) is 2.94. The minimum atomic E-state index is -2.63. The zero-order valence-electron chi connectivity index (χ0n) is 16.8. The molecule has 0 aliphatic heterocycles. The molecule has 7 heteroatoms. The van der Waals surface area contributed by atoms with Crippen molar-refractivity contribution in [3.05, 3.63) is 88.7 Å². The smallest absolute Gasteiger partial charge is 0.251 e. The summed E-state index contributed by atoms with van der Waals surface area (Å²) < 4.78 is 22.6. The van der Waals surface area contributed by atoms with E-state index in [2.05, 4.69) is 10.3 Å². The van der Waals surface area contributed by atoms with Gasteiger partial charge in [0.25, 0.3) is 5.91 Å². The van der Waals surface area contributed by atoms with E-state index in [-0.39, 0.29) is 12.4 Å². The highest BCUT2D eigenvalue weighted by atomic mass is 32.2. The summed E-state index contributed by atoms with van der Waals surface area (Å²) in [7, 11) is -2.63. The van der Waals surface area contributed by atoms with E-state index in [0.29, 0.717) is 16.7 Å². The minimum absolute atomic E-state index is 0.152. The lowest BCUT2D eigenvalue weighted by Crippen LogP contribution is -2.31. The molecule has 0 fully saturated rings. The molecule has 1 amide bonds. The second-order valence-corrected chi connectivity index (χ2v) is 8.20. The number of amides is 1. The normalized spacial score (nSPS) is 12.0. The Balaban J connectivity index is 1.94. The first-order chi connectivity index (χ1) is 14.4. The Labute approximate surface area is 177 Å². The van der Waals surface area contributed by atoms with Gasteiger partial charge in [-0.15, -0.1) is 0 Å². The molecule has 0 spiro atoms.